The smallest absolute Gasteiger partial charge is 0.265 e. The second-order valence-corrected chi connectivity index (χ2v) is 10.8. The molecule has 1 aliphatic rings. The Hall–Kier alpha value is -4.09. The lowest BCUT2D eigenvalue weighted by molar-refractivity contribution is -0.114. The van der Waals surface area contributed by atoms with E-state index in [1.165, 1.54) is 22.9 Å². The van der Waals surface area contributed by atoms with E-state index < -0.39 is 0 Å². The summed E-state index contributed by atoms with van der Waals surface area (Å²) >= 11 is 1.49. The van der Waals surface area contributed by atoms with Crippen LogP contribution in [-0.2, 0) is 17.9 Å². The molecule has 0 atom stereocenters. The van der Waals surface area contributed by atoms with Crippen LogP contribution >= 0.6 is 11.8 Å². The van der Waals surface area contributed by atoms with Gasteiger partial charge in [0.15, 0.2) is 0 Å². The number of para-hydroxylation sites is 1. The monoisotopic (exact) mass is 518 g/mol. The number of hydrogen-bond donors (Lipinski definition) is 0. The lowest BCUT2D eigenvalue weighted by Gasteiger charge is -2.31. The van der Waals surface area contributed by atoms with E-state index in [9.17, 15) is 9.59 Å². The highest BCUT2D eigenvalue weighted by Crippen LogP contribution is 2.42. The summed E-state index contributed by atoms with van der Waals surface area (Å²) in [4.78, 5) is 32.0. The van der Waals surface area contributed by atoms with Crippen molar-refractivity contribution in [2.45, 2.75) is 31.8 Å². The zero-order valence-electron chi connectivity index (χ0n) is 21.8. The molecule has 4 aromatic carbocycles. The molecule has 0 bridgehead atoms. The predicted molar refractivity (Wildman–Crippen MR) is 156 cm³/mol. The summed E-state index contributed by atoms with van der Waals surface area (Å²) in [6, 6.07) is 31.8. The first-order valence-electron chi connectivity index (χ1n) is 12.6. The van der Waals surface area contributed by atoms with Gasteiger partial charge in [0.25, 0.3) is 11.8 Å². The van der Waals surface area contributed by atoms with Crippen LogP contribution in [0.5, 0.6) is 0 Å². The van der Waals surface area contributed by atoms with Crippen LogP contribution in [0.2, 0.25) is 0 Å². The van der Waals surface area contributed by atoms with Gasteiger partial charge in [-0.05, 0) is 66.4 Å². The molecule has 4 nitrogen and oxygen atoms in total. The van der Waals surface area contributed by atoms with Crippen molar-refractivity contribution >= 4 is 35.3 Å². The Morgan fingerprint density at radius 2 is 1.61 bits per heavy atom. The number of carbonyl (C=O) groups excluding carboxylic acids is 2. The maximum atomic E-state index is 13.7. The number of fused-ring (bicyclic) bond motifs is 1. The molecule has 0 unspecified atom stereocenters. The fourth-order valence-corrected chi connectivity index (χ4v) is 5.64. The molecule has 0 saturated carbocycles. The van der Waals surface area contributed by atoms with Gasteiger partial charge >= 0.3 is 0 Å². The molecule has 0 aliphatic carbocycles. The zero-order chi connectivity index (χ0) is 26.6. The second-order valence-electron chi connectivity index (χ2n) is 9.67. The van der Waals surface area contributed by atoms with Gasteiger partial charge in [0.2, 0.25) is 0 Å². The minimum Gasteiger partial charge on any atom is -0.337 e. The van der Waals surface area contributed by atoms with Gasteiger partial charge in [0.1, 0.15) is 0 Å². The molecule has 0 spiro atoms. The van der Waals surface area contributed by atoms with E-state index in [1.54, 1.807) is 4.90 Å². The van der Waals surface area contributed by atoms with Gasteiger partial charge in [-0.1, -0.05) is 90.1 Å². The predicted octanol–water partition coefficient (Wildman–Crippen LogP) is 7.26. The maximum absolute atomic E-state index is 13.7. The summed E-state index contributed by atoms with van der Waals surface area (Å²) in [5.74, 6) is -0.0536. The van der Waals surface area contributed by atoms with Gasteiger partial charge in [-0.2, -0.15) is 0 Å². The Balaban J connectivity index is 1.38. The lowest BCUT2D eigenvalue weighted by Crippen LogP contribution is -2.34. The Morgan fingerprint density at radius 3 is 2.37 bits per heavy atom. The van der Waals surface area contributed by atoms with E-state index in [2.05, 4.69) is 38.1 Å². The number of hydrogen-bond acceptors (Lipinski definition) is 3. The molecule has 5 rings (SSSR count). The van der Waals surface area contributed by atoms with Crippen LogP contribution in [-0.4, -0.2) is 23.8 Å². The van der Waals surface area contributed by atoms with Crippen LogP contribution < -0.4 is 4.90 Å². The fraction of sp³-hybridized carbons (Fsp3) is 0.152. The summed E-state index contributed by atoms with van der Waals surface area (Å²) in [6.45, 7) is 5.22. The average Bonchev–Trinajstić information content (AvgIpc) is 2.93. The SMILES string of the molecule is Cc1ccc(C)c(CN2C(=O)/C(=C/c3ccc(C(=O)N(C)Cc4ccccc4)cc3)Sc3ccccc32)c1. The van der Waals surface area contributed by atoms with Gasteiger partial charge in [0.05, 0.1) is 17.1 Å². The topological polar surface area (TPSA) is 40.6 Å². The van der Waals surface area contributed by atoms with Crippen molar-refractivity contribution < 1.29 is 9.59 Å². The van der Waals surface area contributed by atoms with Gasteiger partial charge < -0.3 is 9.80 Å². The fourth-order valence-electron chi connectivity index (χ4n) is 4.58. The molecule has 190 valence electrons. The Kier molecular flexibility index (Phi) is 7.47. The van der Waals surface area contributed by atoms with Crippen LogP contribution in [0, 0.1) is 13.8 Å². The molecule has 38 heavy (non-hydrogen) atoms. The number of thioether (sulfide) groups is 1. The van der Waals surface area contributed by atoms with Gasteiger partial charge in [-0.25, -0.2) is 0 Å². The summed E-state index contributed by atoms with van der Waals surface area (Å²) in [6.07, 6.45) is 1.92. The van der Waals surface area contributed by atoms with Crippen molar-refractivity contribution in [2.75, 3.05) is 11.9 Å². The molecule has 0 radical (unpaired) electrons. The zero-order valence-corrected chi connectivity index (χ0v) is 22.7. The maximum Gasteiger partial charge on any atom is 0.265 e. The van der Waals surface area contributed by atoms with Crippen LogP contribution in [0.3, 0.4) is 0 Å². The average molecular weight is 519 g/mol. The largest absolute Gasteiger partial charge is 0.337 e. The lowest BCUT2D eigenvalue weighted by atomic mass is 10.0. The van der Waals surface area contributed by atoms with E-state index in [1.807, 2.05) is 90.8 Å². The Morgan fingerprint density at radius 1 is 0.895 bits per heavy atom. The van der Waals surface area contributed by atoms with E-state index >= 15 is 0 Å². The van der Waals surface area contributed by atoms with Crippen LogP contribution in [0.25, 0.3) is 6.08 Å². The minimum absolute atomic E-state index is 0.0163. The highest BCUT2D eigenvalue weighted by molar-refractivity contribution is 8.04. The van der Waals surface area contributed by atoms with Crippen molar-refractivity contribution in [3.8, 4) is 0 Å². The molecule has 1 heterocycles. The van der Waals surface area contributed by atoms with E-state index in [0.29, 0.717) is 23.6 Å². The summed E-state index contributed by atoms with van der Waals surface area (Å²) < 4.78 is 0. The number of nitrogens with zero attached hydrogens (tertiary/aromatic N) is 2. The molecule has 0 fully saturated rings. The molecule has 0 aromatic heterocycles. The normalized spacial score (nSPS) is 13.9. The van der Waals surface area contributed by atoms with Crippen molar-refractivity contribution in [1.29, 1.82) is 0 Å². The first-order chi connectivity index (χ1) is 18.4. The molecular formula is C33H30N2O2S. The van der Waals surface area contributed by atoms with Crippen molar-refractivity contribution in [1.82, 2.24) is 4.90 Å². The molecule has 4 aromatic rings. The van der Waals surface area contributed by atoms with Gasteiger partial charge in [-0.3, -0.25) is 9.59 Å². The Bertz CT molecular complexity index is 1510. The summed E-state index contributed by atoms with van der Waals surface area (Å²) in [5, 5.41) is 0. The number of benzene rings is 4. The molecule has 2 amide bonds. The first-order valence-corrected chi connectivity index (χ1v) is 13.5. The number of aryl methyl sites for hydroxylation is 2. The van der Waals surface area contributed by atoms with Crippen molar-refractivity contribution in [3.63, 3.8) is 0 Å². The number of rotatable bonds is 6. The van der Waals surface area contributed by atoms with E-state index in [0.717, 1.165) is 27.3 Å². The van der Waals surface area contributed by atoms with Gasteiger partial charge in [0, 0.05) is 24.1 Å². The standard InChI is InChI=1S/C33H30N2O2S/c1-23-13-14-24(2)28(19-23)22-35-29-11-7-8-12-30(29)38-31(33(35)37)20-25-15-17-27(18-16-25)32(36)34(3)21-26-9-5-4-6-10-26/h4-20H,21-22H2,1-3H3/b31-20-. The molecule has 1 aliphatic heterocycles. The highest BCUT2D eigenvalue weighted by Gasteiger charge is 2.29. The number of anilines is 1. The molecule has 0 saturated heterocycles. The van der Waals surface area contributed by atoms with Crippen molar-refractivity contribution in [2.24, 2.45) is 0 Å². The van der Waals surface area contributed by atoms with E-state index in [4.69, 9.17) is 0 Å². The highest BCUT2D eigenvalue weighted by atomic mass is 32.2. The van der Waals surface area contributed by atoms with Crippen LogP contribution in [0.15, 0.2) is 107 Å². The molecule has 0 N–H and O–H groups in total. The molecular weight excluding hydrogens is 488 g/mol. The Labute approximate surface area is 228 Å². The summed E-state index contributed by atoms with van der Waals surface area (Å²) in [7, 11) is 1.81. The molecule has 5 heteroatoms. The third-order valence-corrected chi connectivity index (χ3v) is 7.81. The van der Waals surface area contributed by atoms with E-state index in [-0.39, 0.29) is 11.8 Å². The van der Waals surface area contributed by atoms with Crippen molar-refractivity contribution in [3.05, 3.63) is 135 Å². The van der Waals surface area contributed by atoms with Gasteiger partial charge in [-0.15, -0.1) is 0 Å². The third-order valence-electron chi connectivity index (χ3n) is 6.73. The number of amides is 2. The van der Waals surface area contributed by atoms with Crippen LogP contribution in [0.4, 0.5) is 5.69 Å². The minimum atomic E-state index is -0.0372. The summed E-state index contributed by atoms with van der Waals surface area (Å²) in [5.41, 5.74) is 7.01. The number of carbonyl (C=O) groups is 2. The third kappa shape index (κ3) is 5.58. The first kappa shape index (κ1) is 25.6. The van der Waals surface area contributed by atoms with Crippen LogP contribution in [0.1, 0.15) is 38.2 Å². The quantitative estimate of drug-likeness (QED) is 0.252. The second kappa shape index (κ2) is 11.1.